The third kappa shape index (κ3) is 15.3. The Morgan fingerprint density at radius 1 is 0.863 bits per heavy atom. The monoisotopic (exact) mass is 1010 g/mol. The van der Waals surface area contributed by atoms with E-state index in [1.165, 1.54) is 29.0 Å². The van der Waals surface area contributed by atoms with Gasteiger partial charge in [0.15, 0.2) is 0 Å². The van der Waals surface area contributed by atoms with Crippen molar-refractivity contribution in [1.82, 2.24) is 36.4 Å². The minimum atomic E-state index is -0.817. The number of hydrogen-bond acceptors (Lipinski definition) is 12. The molecule has 3 aliphatic heterocycles. The number of carbonyl (C=O) groups excluding carboxylic acids is 10. The molecule has 12 amide bonds. The summed E-state index contributed by atoms with van der Waals surface area (Å²) in [5, 5.41) is 19.6. The van der Waals surface area contributed by atoms with Crippen LogP contribution in [0, 0.1) is 5.92 Å². The van der Waals surface area contributed by atoms with Crippen molar-refractivity contribution in [3.8, 4) is 0 Å². The Morgan fingerprint density at radius 3 is 2.30 bits per heavy atom. The third-order valence-electron chi connectivity index (χ3n) is 12.5. The van der Waals surface area contributed by atoms with Gasteiger partial charge in [-0.1, -0.05) is 56.7 Å². The lowest BCUT2D eigenvalue weighted by Crippen LogP contribution is -2.53. The molecular formula is C51H63N11O11. The van der Waals surface area contributed by atoms with E-state index < -0.39 is 42.2 Å². The molecule has 388 valence electrons. The first-order valence-electron chi connectivity index (χ1n) is 24.3. The molecule has 0 saturated carbocycles. The van der Waals surface area contributed by atoms with Gasteiger partial charge in [-0.25, -0.2) is 14.4 Å². The van der Waals surface area contributed by atoms with Crippen LogP contribution in [0.2, 0.25) is 0 Å². The van der Waals surface area contributed by atoms with Crippen LogP contribution in [-0.4, -0.2) is 114 Å². The highest BCUT2D eigenvalue weighted by Crippen LogP contribution is 2.29. The topological polar surface area (TPSA) is 300 Å². The molecule has 0 spiro atoms. The zero-order valence-electron chi connectivity index (χ0n) is 41.1. The largest absolute Gasteiger partial charge is 0.444 e. The lowest BCUT2D eigenvalue weighted by molar-refractivity contribution is -0.138. The second kappa shape index (κ2) is 25.7. The molecule has 3 atom stereocenters. The number of hydrogen-bond donors (Lipinski definition) is 8. The molecule has 22 nitrogen and oxygen atoms in total. The summed E-state index contributed by atoms with van der Waals surface area (Å²) in [5.74, 6) is -2.73. The summed E-state index contributed by atoms with van der Waals surface area (Å²) in [5.41, 5.74) is 9.24. The van der Waals surface area contributed by atoms with Gasteiger partial charge in [0.1, 0.15) is 18.7 Å². The van der Waals surface area contributed by atoms with E-state index in [1.54, 1.807) is 66.7 Å². The quantitative estimate of drug-likeness (QED) is 0.0473. The summed E-state index contributed by atoms with van der Waals surface area (Å²) in [7, 11) is 1.52. The number of unbranched alkanes of at least 4 members (excludes halogenated alkanes) is 2. The average molecular weight is 1010 g/mol. The number of para-hydroxylation sites is 2. The predicted molar refractivity (Wildman–Crippen MR) is 268 cm³/mol. The fraction of sp³-hybridized carbons (Fsp3) is 0.412. The number of anilines is 3. The molecule has 1 unspecified atom stereocenters. The van der Waals surface area contributed by atoms with Gasteiger partial charge >= 0.3 is 18.2 Å². The number of fused-ring (bicyclic) bond motifs is 1. The van der Waals surface area contributed by atoms with E-state index in [0.29, 0.717) is 78.9 Å². The Bertz CT molecular complexity index is 2590. The van der Waals surface area contributed by atoms with E-state index >= 15 is 0 Å². The second-order valence-electron chi connectivity index (χ2n) is 18.3. The average Bonchev–Trinajstić information content (AvgIpc) is 3.86. The summed E-state index contributed by atoms with van der Waals surface area (Å²) < 4.78 is 5.62. The van der Waals surface area contributed by atoms with Crippen LogP contribution in [0.5, 0.6) is 0 Å². The number of benzene rings is 3. The molecule has 1 saturated heterocycles. The Morgan fingerprint density at radius 2 is 1.59 bits per heavy atom. The first-order chi connectivity index (χ1) is 35.0. The van der Waals surface area contributed by atoms with Gasteiger partial charge in [0, 0.05) is 82.1 Å². The molecule has 0 bridgehead atoms. The maximum absolute atomic E-state index is 13.6. The van der Waals surface area contributed by atoms with Crippen molar-refractivity contribution < 1.29 is 52.7 Å². The van der Waals surface area contributed by atoms with Gasteiger partial charge in [0.05, 0.1) is 11.4 Å². The number of nitrogens with zero attached hydrogens (tertiary/aromatic N) is 3. The van der Waals surface area contributed by atoms with Crippen molar-refractivity contribution >= 4 is 76.6 Å². The number of amides is 12. The molecule has 1 fully saturated rings. The van der Waals surface area contributed by atoms with Crippen LogP contribution in [0.15, 0.2) is 78.9 Å². The lowest BCUT2D eigenvalue weighted by atomic mass is 10.0. The maximum Gasteiger partial charge on any atom is 0.414 e. The predicted octanol–water partition coefficient (Wildman–Crippen LogP) is 3.51. The van der Waals surface area contributed by atoms with E-state index in [4.69, 9.17) is 10.5 Å². The number of primary amides is 1. The summed E-state index contributed by atoms with van der Waals surface area (Å²) in [4.78, 5) is 129. The fourth-order valence-electron chi connectivity index (χ4n) is 8.50. The number of ether oxygens (including phenoxy) is 1. The summed E-state index contributed by atoms with van der Waals surface area (Å²) in [6, 6.07) is 15.9. The van der Waals surface area contributed by atoms with Gasteiger partial charge in [-0.3, -0.25) is 48.7 Å². The first kappa shape index (κ1) is 54.0. The van der Waals surface area contributed by atoms with E-state index in [-0.39, 0.29) is 86.9 Å². The Labute approximate surface area is 422 Å². The molecule has 0 aliphatic carbocycles. The second-order valence-corrected chi connectivity index (χ2v) is 18.3. The van der Waals surface area contributed by atoms with Gasteiger partial charge < -0.3 is 47.3 Å². The summed E-state index contributed by atoms with van der Waals surface area (Å²) >= 11 is 0. The number of nitrogens with two attached hydrogens (primary N) is 1. The Hall–Kier alpha value is -8.30. The number of imide groups is 2. The molecule has 0 radical (unpaired) electrons. The highest BCUT2D eigenvalue weighted by molar-refractivity contribution is 6.13. The molecule has 3 aromatic carbocycles. The van der Waals surface area contributed by atoms with Crippen LogP contribution in [0.3, 0.4) is 0 Å². The van der Waals surface area contributed by atoms with Crippen LogP contribution >= 0.6 is 0 Å². The number of urea groups is 2. The highest BCUT2D eigenvalue weighted by atomic mass is 16.6. The van der Waals surface area contributed by atoms with E-state index in [2.05, 4.69) is 37.2 Å². The van der Waals surface area contributed by atoms with Crippen molar-refractivity contribution in [3.05, 3.63) is 101 Å². The van der Waals surface area contributed by atoms with E-state index in [1.807, 2.05) is 13.8 Å². The van der Waals surface area contributed by atoms with Crippen molar-refractivity contribution in [1.29, 1.82) is 0 Å². The van der Waals surface area contributed by atoms with E-state index in [9.17, 15) is 47.9 Å². The smallest absolute Gasteiger partial charge is 0.414 e. The van der Waals surface area contributed by atoms with Gasteiger partial charge in [-0.15, -0.1) is 0 Å². The maximum atomic E-state index is 13.6. The van der Waals surface area contributed by atoms with Gasteiger partial charge in [0.2, 0.25) is 23.6 Å². The molecular weight excluding hydrogens is 943 g/mol. The Balaban J connectivity index is 0.948. The minimum Gasteiger partial charge on any atom is -0.444 e. The van der Waals surface area contributed by atoms with Gasteiger partial charge in [0.25, 0.3) is 17.7 Å². The summed E-state index contributed by atoms with van der Waals surface area (Å²) in [6.45, 7) is 4.78. The molecule has 6 rings (SSSR count). The SMILES string of the molecule is CC(C)[C@H](NC(=O)CCCCCN1C(=O)C=CC1=O)C(=O)N[C@@H](CCCNC(N)=O)CNc1ccc(COC(=O)N(C)c2ccccc2NC(=O)NCc2ccc3c(c2)CN(C2CCC(=O)NC2=O)C3=O)cc1. The van der Waals surface area contributed by atoms with Crippen LogP contribution < -0.4 is 47.9 Å². The molecule has 73 heavy (non-hydrogen) atoms. The molecule has 9 N–H and O–H groups in total. The number of rotatable bonds is 24. The van der Waals surface area contributed by atoms with Crippen LogP contribution in [0.1, 0.15) is 92.3 Å². The van der Waals surface area contributed by atoms with Crippen molar-refractivity contribution in [2.24, 2.45) is 11.7 Å². The number of carbonyl (C=O) groups is 10. The standard InChI is InChI=1S/C51H63N11O11/c1-31(2)45(58-41(63)13-5-4-8-25-61-43(65)22-23-44(61)66)47(68)56-36(10-9-24-53-49(52)70)28-54-35-17-14-32(15-18-35)30-73-51(72)60(3)39-12-7-6-11-38(39)57-50(71)55-27-33-16-19-37-34(26-33)29-62(48(37)69)40-20-21-42(64)59-46(40)67/h6-7,11-12,14-19,22-23,26,31,36,40,45,54H,4-5,8-10,13,20-21,24-25,27-30H2,1-3H3,(H,56,68)(H,58,63)(H3,52,53,70)(H2,55,57,71)(H,59,64,67)/t36-,40?,45-/m0/s1. The van der Waals surface area contributed by atoms with Crippen molar-refractivity contribution in [2.75, 3.05) is 42.2 Å². The Kier molecular flexibility index (Phi) is 19.0. The number of piperidine rings is 1. The third-order valence-corrected chi connectivity index (χ3v) is 12.5. The number of nitrogens with one attached hydrogen (secondary N) is 7. The normalized spacial score (nSPS) is 15.8. The van der Waals surface area contributed by atoms with Crippen LogP contribution in [-0.2, 0) is 53.2 Å². The van der Waals surface area contributed by atoms with Crippen molar-refractivity contribution in [2.45, 2.75) is 103 Å². The fourth-order valence-corrected chi connectivity index (χ4v) is 8.50. The molecule has 3 heterocycles. The zero-order valence-corrected chi connectivity index (χ0v) is 41.1. The lowest BCUT2D eigenvalue weighted by Gasteiger charge is -2.29. The summed E-state index contributed by atoms with van der Waals surface area (Å²) in [6.07, 6.45) is 5.02. The van der Waals surface area contributed by atoms with Gasteiger partial charge in [-0.05, 0) is 85.0 Å². The van der Waals surface area contributed by atoms with E-state index in [0.717, 1.165) is 10.5 Å². The van der Waals surface area contributed by atoms with Crippen LogP contribution in [0.25, 0.3) is 0 Å². The molecule has 0 aromatic heterocycles. The minimum absolute atomic E-state index is 0.0661. The first-order valence-corrected chi connectivity index (χ1v) is 24.3. The molecule has 22 heteroatoms. The molecule has 3 aromatic rings. The molecule has 3 aliphatic rings. The van der Waals surface area contributed by atoms with Gasteiger partial charge in [-0.2, -0.15) is 0 Å². The van der Waals surface area contributed by atoms with Crippen LogP contribution in [0.4, 0.5) is 31.4 Å². The zero-order chi connectivity index (χ0) is 52.6. The highest BCUT2D eigenvalue weighted by Gasteiger charge is 2.39. The van der Waals surface area contributed by atoms with Crippen molar-refractivity contribution in [3.63, 3.8) is 0 Å².